The van der Waals surface area contributed by atoms with E-state index in [1.807, 2.05) is 32.0 Å². The number of hydrogen-bond donors (Lipinski definition) is 1. The van der Waals surface area contributed by atoms with Gasteiger partial charge in [0.15, 0.2) is 0 Å². The lowest BCUT2D eigenvalue weighted by atomic mass is 9.61. The van der Waals surface area contributed by atoms with Crippen molar-refractivity contribution in [3.8, 4) is 0 Å². The molecule has 1 aromatic carbocycles. The molecule has 1 aliphatic rings. The summed E-state index contributed by atoms with van der Waals surface area (Å²) in [5, 5.41) is 11.1. The van der Waals surface area contributed by atoms with Crippen LogP contribution in [0, 0.1) is 5.41 Å². The number of rotatable bonds is 2. The Hall–Kier alpha value is -1.08. The third-order valence-electron chi connectivity index (χ3n) is 4.55. The predicted octanol–water partition coefficient (Wildman–Crippen LogP) is 6.08. The minimum atomic E-state index is -0.652. The highest BCUT2D eigenvalue weighted by Gasteiger charge is 2.46. The van der Waals surface area contributed by atoms with Gasteiger partial charge in [0.25, 0.3) is 0 Å². The van der Waals surface area contributed by atoms with Crippen molar-refractivity contribution in [2.24, 2.45) is 5.41 Å². The number of hydrogen-bond acceptors (Lipinski definition) is 1. The monoisotopic (exact) mass is 290 g/mol. The van der Waals surface area contributed by atoms with Crippen molar-refractivity contribution < 1.29 is 5.11 Å². The normalized spacial score (nSPS) is 25.5. The molecule has 0 heterocycles. The maximum absolute atomic E-state index is 11.1. The van der Waals surface area contributed by atoms with Crippen LogP contribution in [0.15, 0.2) is 35.9 Å². The summed E-state index contributed by atoms with van der Waals surface area (Å²) in [4.78, 5) is 0. The molecular formula is C20H34O. The molecule has 1 atom stereocenters. The quantitative estimate of drug-likeness (QED) is 0.699. The van der Waals surface area contributed by atoms with Crippen LogP contribution >= 0.6 is 0 Å². The van der Waals surface area contributed by atoms with Crippen molar-refractivity contribution >= 4 is 6.08 Å². The minimum Gasteiger partial charge on any atom is -0.385 e. The summed E-state index contributed by atoms with van der Waals surface area (Å²) < 4.78 is 0. The predicted molar refractivity (Wildman–Crippen MR) is 95.4 cm³/mol. The van der Waals surface area contributed by atoms with Crippen molar-refractivity contribution in [3.63, 3.8) is 0 Å². The molecule has 1 aromatic rings. The first-order valence-electron chi connectivity index (χ1n) is 7.98. The lowest BCUT2D eigenvalue weighted by molar-refractivity contribution is -0.0573. The Morgan fingerprint density at radius 3 is 2.24 bits per heavy atom. The van der Waals surface area contributed by atoms with E-state index in [2.05, 4.69) is 39.0 Å². The fraction of sp³-hybridized carbons (Fsp3) is 0.600. The van der Waals surface area contributed by atoms with Crippen LogP contribution in [0.1, 0.15) is 73.3 Å². The lowest BCUT2D eigenvalue weighted by Gasteiger charge is -2.48. The van der Waals surface area contributed by atoms with Gasteiger partial charge in [-0.05, 0) is 42.2 Å². The molecule has 0 spiro atoms. The van der Waals surface area contributed by atoms with Crippen LogP contribution in [-0.2, 0) is 0 Å². The summed E-state index contributed by atoms with van der Waals surface area (Å²) in [6.45, 7) is 10.5. The van der Waals surface area contributed by atoms with Gasteiger partial charge in [0.2, 0.25) is 0 Å². The molecule has 0 bridgehead atoms. The summed E-state index contributed by atoms with van der Waals surface area (Å²) in [5.74, 6) is 0. The Morgan fingerprint density at radius 2 is 1.71 bits per heavy atom. The summed E-state index contributed by atoms with van der Waals surface area (Å²) in [5.41, 5.74) is 1.71. The highest BCUT2D eigenvalue weighted by Crippen LogP contribution is 2.49. The van der Waals surface area contributed by atoms with Crippen molar-refractivity contribution in [1.82, 2.24) is 0 Å². The van der Waals surface area contributed by atoms with Gasteiger partial charge in [0.05, 0.1) is 5.60 Å². The smallest absolute Gasteiger partial charge is 0.0908 e. The van der Waals surface area contributed by atoms with Crippen molar-refractivity contribution in [3.05, 3.63) is 41.5 Å². The molecule has 1 N–H and O–H groups in total. The second kappa shape index (κ2) is 8.38. The summed E-state index contributed by atoms with van der Waals surface area (Å²) in [7, 11) is 0. The molecule has 21 heavy (non-hydrogen) atoms. The van der Waals surface area contributed by atoms with Crippen LogP contribution in [0.3, 0.4) is 0 Å². The molecule has 1 fully saturated rings. The van der Waals surface area contributed by atoms with Gasteiger partial charge >= 0.3 is 0 Å². The fourth-order valence-corrected chi connectivity index (χ4v) is 3.22. The Balaban J connectivity index is 0.00000128. The van der Waals surface area contributed by atoms with Crippen molar-refractivity contribution in [2.45, 2.75) is 73.3 Å². The van der Waals surface area contributed by atoms with Crippen LogP contribution in [0.25, 0.3) is 6.08 Å². The zero-order chi connectivity index (χ0) is 15.2. The van der Waals surface area contributed by atoms with Crippen molar-refractivity contribution in [1.29, 1.82) is 0 Å². The summed E-state index contributed by atoms with van der Waals surface area (Å²) >= 11 is 0. The van der Waals surface area contributed by atoms with Crippen molar-refractivity contribution in [2.75, 3.05) is 0 Å². The maximum Gasteiger partial charge on any atom is 0.0908 e. The molecule has 0 radical (unpaired) electrons. The molecule has 1 nitrogen and oxygen atoms in total. The zero-order valence-corrected chi connectivity index (χ0v) is 13.7. The SMILES string of the molecule is C.CC.CCC1(O)/C(=C/c2ccccc2)CCCC1(C)C. The first-order valence-corrected chi connectivity index (χ1v) is 7.98. The van der Waals surface area contributed by atoms with E-state index in [4.69, 9.17) is 0 Å². The van der Waals surface area contributed by atoms with E-state index in [0.29, 0.717) is 0 Å². The van der Waals surface area contributed by atoms with E-state index < -0.39 is 5.60 Å². The highest BCUT2D eigenvalue weighted by molar-refractivity contribution is 5.56. The van der Waals surface area contributed by atoms with E-state index >= 15 is 0 Å². The molecule has 1 heteroatoms. The molecule has 0 aliphatic heterocycles. The maximum atomic E-state index is 11.1. The summed E-state index contributed by atoms with van der Waals surface area (Å²) in [6.07, 6.45) is 6.27. The molecule has 1 aliphatic carbocycles. The van der Waals surface area contributed by atoms with Crippen LogP contribution in [0.2, 0.25) is 0 Å². The third-order valence-corrected chi connectivity index (χ3v) is 4.55. The Morgan fingerprint density at radius 1 is 1.14 bits per heavy atom. The summed E-state index contributed by atoms with van der Waals surface area (Å²) in [6, 6.07) is 10.3. The van der Waals surface area contributed by atoms with Gasteiger partial charge in [0.1, 0.15) is 0 Å². The molecule has 0 aromatic heterocycles. The molecule has 1 unspecified atom stereocenters. The molecule has 120 valence electrons. The van der Waals surface area contributed by atoms with Gasteiger partial charge in [-0.2, -0.15) is 0 Å². The first-order chi connectivity index (χ1) is 9.49. The Bertz CT molecular complexity index is 430. The largest absolute Gasteiger partial charge is 0.385 e. The van der Waals surface area contributed by atoms with E-state index in [-0.39, 0.29) is 12.8 Å². The molecule has 2 rings (SSSR count). The first kappa shape index (κ1) is 19.9. The fourth-order valence-electron chi connectivity index (χ4n) is 3.22. The molecular weight excluding hydrogens is 256 g/mol. The molecule has 0 amide bonds. The van der Waals surface area contributed by atoms with Gasteiger partial charge in [-0.25, -0.2) is 0 Å². The zero-order valence-electron chi connectivity index (χ0n) is 13.7. The Labute approximate surface area is 132 Å². The second-order valence-corrected chi connectivity index (χ2v) is 6.03. The standard InChI is InChI=1S/C17H24O.C2H6.CH4/c1-4-17(18)15(11-8-12-16(17,2)3)13-14-9-6-5-7-10-14;1-2;/h5-7,9-10,13,18H,4,8,11-12H2,1-3H3;1-2H3;1H4/b15-13+;;. The number of aliphatic hydroxyl groups is 1. The average molecular weight is 290 g/mol. The lowest BCUT2D eigenvalue weighted by Crippen LogP contribution is -2.48. The van der Waals surface area contributed by atoms with Gasteiger partial charge in [-0.3, -0.25) is 0 Å². The minimum absolute atomic E-state index is 0. The second-order valence-electron chi connectivity index (χ2n) is 6.03. The topological polar surface area (TPSA) is 20.2 Å². The molecule has 1 saturated carbocycles. The van der Waals surface area contributed by atoms with Crippen LogP contribution in [-0.4, -0.2) is 10.7 Å². The van der Waals surface area contributed by atoms with Crippen LogP contribution in [0.4, 0.5) is 0 Å². The number of benzene rings is 1. The van der Waals surface area contributed by atoms with Gasteiger partial charge < -0.3 is 5.11 Å². The van der Waals surface area contributed by atoms with Gasteiger partial charge in [-0.15, -0.1) is 0 Å². The van der Waals surface area contributed by atoms with Gasteiger partial charge in [0, 0.05) is 0 Å². The van der Waals surface area contributed by atoms with Gasteiger partial charge in [-0.1, -0.05) is 78.5 Å². The van der Waals surface area contributed by atoms with Crippen LogP contribution in [0.5, 0.6) is 0 Å². The van der Waals surface area contributed by atoms with Crippen LogP contribution < -0.4 is 0 Å². The third kappa shape index (κ3) is 4.20. The Kier molecular flexibility index (Phi) is 7.95. The van der Waals surface area contributed by atoms with E-state index in [1.54, 1.807) is 0 Å². The van der Waals surface area contributed by atoms with E-state index in [9.17, 15) is 5.11 Å². The highest BCUT2D eigenvalue weighted by atomic mass is 16.3. The van der Waals surface area contributed by atoms with E-state index in [0.717, 1.165) is 19.3 Å². The van der Waals surface area contributed by atoms with E-state index in [1.165, 1.54) is 17.6 Å². The average Bonchev–Trinajstić information content (AvgIpc) is 2.47. The molecule has 0 saturated heterocycles.